The van der Waals surface area contributed by atoms with E-state index in [9.17, 15) is 9.18 Å². The largest absolute Gasteiger partial charge is 0.461 e. The topological polar surface area (TPSA) is 69.4 Å². The number of rotatable bonds is 4. The standard InChI is InChI=1S/C16H15FN4O2/c1-10-14(11(2)21-16(20-10)18-9-19-21)7-15(22)23-8-12-4-3-5-13(17)6-12/h3-6,9H,7-8H2,1-2H3. The number of aryl methyl sites for hydroxylation is 2. The van der Waals surface area contributed by atoms with Gasteiger partial charge in [0.25, 0.3) is 5.78 Å². The lowest BCUT2D eigenvalue weighted by atomic mass is 10.1. The lowest BCUT2D eigenvalue weighted by molar-refractivity contribution is -0.144. The molecule has 6 nitrogen and oxygen atoms in total. The quantitative estimate of drug-likeness (QED) is 0.690. The van der Waals surface area contributed by atoms with Crippen LogP contribution in [0.2, 0.25) is 0 Å². The summed E-state index contributed by atoms with van der Waals surface area (Å²) in [5.74, 6) is -0.260. The minimum Gasteiger partial charge on any atom is -0.461 e. The Morgan fingerprint density at radius 3 is 2.96 bits per heavy atom. The predicted octanol–water partition coefficient (Wildman–Crippen LogP) is 2.17. The molecule has 0 spiro atoms. The monoisotopic (exact) mass is 314 g/mol. The highest BCUT2D eigenvalue weighted by atomic mass is 19.1. The van der Waals surface area contributed by atoms with Crippen LogP contribution in [-0.2, 0) is 22.6 Å². The molecular weight excluding hydrogens is 299 g/mol. The van der Waals surface area contributed by atoms with Gasteiger partial charge in [-0.15, -0.1) is 0 Å². The minimum absolute atomic E-state index is 0.0354. The van der Waals surface area contributed by atoms with E-state index in [4.69, 9.17) is 4.74 Å². The number of aromatic nitrogens is 4. The maximum absolute atomic E-state index is 13.1. The van der Waals surface area contributed by atoms with Crippen molar-refractivity contribution in [2.75, 3.05) is 0 Å². The Morgan fingerprint density at radius 2 is 2.17 bits per heavy atom. The van der Waals surface area contributed by atoms with Crippen LogP contribution in [0.1, 0.15) is 22.5 Å². The molecule has 2 heterocycles. The van der Waals surface area contributed by atoms with Gasteiger partial charge in [-0.2, -0.15) is 10.1 Å². The molecule has 1 aromatic carbocycles. The van der Waals surface area contributed by atoms with Crippen molar-refractivity contribution in [3.63, 3.8) is 0 Å². The first kappa shape index (κ1) is 15.1. The maximum Gasteiger partial charge on any atom is 0.310 e. The molecule has 118 valence electrons. The van der Waals surface area contributed by atoms with E-state index in [0.717, 1.165) is 11.3 Å². The molecule has 2 aromatic heterocycles. The molecule has 0 N–H and O–H groups in total. The number of carbonyl (C=O) groups excluding carboxylic acids is 1. The summed E-state index contributed by atoms with van der Waals surface area (Å²) in [6.45, 7) is 3.70. The summed E-state index contributed by atoms with van der Waals surface area (Å²) in [6.07, 6.45) is 1.50. The van der Waals surface area contributed by atoms with Gasteiger partial charge in [-0.05, 0) is 31.5 Å². The summed E-state index contributed by atoms with van der Waals surface area (Å²) in [6, 6.07) is 5.97. The van der Waals surface area contributed by atoms with Crippen molar-refractivity contribution < 1.29 is 13.9 Å². The number of nitrogens with zero attached hydrogens (tertiary/aromatic N) is 4. The number of esters is 1. The Labute approximate surface area is 131 Å². The lowest BCUT2D eigenvalue weighted by Crippen LogP contribution is -2.13. The number of hydrogen-bond donors (Lipinski definition) is 0. The summed E-state index contributed by atoms with van der Waals surface area (Å²) >= 11 is 0. The summed E-state index contributed by atoms with van der Waals surface area (Å²) < 4.78 is 19.9. The second-order valence-electron chi connectivity index (χ2n) is 5.20. The summed E-state index contributed by atoms with van der Waals surface area (Å²) in [7, 11) is 0. The third-order valence-electron chi connectivity index (χ3n) is 3.60. The van der Waals surface area contributed by atoms with E-state index in [1.807, 2.05) is 13.8 Å². The lowest BCUT2D eigenvalue weighted by Gasteiger charge is -2.10. The van der Waals surface area contributed by atoms with Crippen molar-refractivity contribution in [2.24, 2.45) is 0 Å². The zero-order valence-electron chi connectivity index (χ0n) is 12.8. The van der Waals surface area contributed by atoms with Gasteiger partial charge in [0.2, 0.25) is 0 Å². The number of benzene rings is 1. The van der Waals surface area contributed by atoms with Crippen molar-refractivity contribution in [2.45, 2.75) is 26.9 Å². The molecule has 0 aliphatic heterocycles. The molecule has 23 heavy (non-hydrogen) atoms. The van der Waals surface area contributed by atoms with E-state index in [0.29, 0.717) is 17.0 Å². The third kappa shape index (κ3) is 3.18. The highest BCUT2D eigenvalue weighted by molar-refractivity contribution is 5.73. The van der Waals surface area contributed by atoms with Gasteiger partial charge in [-0.1, -0.05) is 12.1 Å². The van der Waals surface area contributed by atoms with E-state index in [-0.39, 0.29) is 18.8 Å². The van der Waals surface area contributed by atoms with Gasteiger partial charge in [0.1, 0.15) is 18.8 Å². The fourth-order valence-corrected chi connectivity index (χ4v) is 2.40. The smallest absolute Gasteiger partial charge is 0.310 e. The van der Waals surface area contributed by atoms with E-state index in [1.54, 1.807) is 16.6 Å². The molecule has 0 saturated heterocycles. The Hall–Kier alpha value is -2.83. The second-order valence-corrected chi connectivity index (χ2v) is 5.20. The number of halogens is 1. The molecular formula is C16H15FN4O2. The van der Waals surface area contributed by atoms with Crippen LogP contribution in [0.25, 0.3) is 5.78 Å². The van der Waals surface area contributed by atoms with Crippen LogP contribution in [-0.4, -0.2) is 25.6 Å². The van der Waals surface area contributed by atoms with E-state index in [2.05, 4.69) is 15.1 Å². The van der Waals surface area contributed by atoms with E-state index in [1.165, 1.54) is 18.5 Å². The summed E-state index contributed by atoms with van der Waals surface area (Å²) in [4.78, 5) is 20.4. The molecule has 0 saturated carbocycles. The molecule has 0 fully saturated rings. The Morgan fingerprint density at radius 1 is 1.35 bits per heavy atom. The van der Waals surface area contributed by atoms with Crippen molar-refractivity contribution in [3.8, 4) is 0 Å². The number of hydrogen-bond acceptors (Lipinski definition) is 5. The average Bonchev–Trinajstić information content (AvgIpc) is 2.98. The van der Waals surface area contributed by atoms with E-state index < -0.39 is 5.97 Å². The van der Waals surface area contributed by atoms with Gasteiger partial charge in [0.15, 0.2) is 0 Å². The molecule has 0 unspecified atom stereocenters. The van der Waals surface area contributed by atoms with Gasteiger partial charge < -0.3 is 4.74 Å². The average molecular weight is 314 g/mol. The van der Waals surface area contributed by atoms with Gasteiger partial charge in [0.05, 0.1) is 6.42 Å². The van der Waals surface area contributed by atoms with Crippen LogP contribution >= 0.6 is 0 Å². The molecule has 3 aromatic rings. The first-order chi connectivity index (χ1) is 11.0. The number of fused-ring (bicyclic) bond motifs is 1. The normalized spacial score (nSPS) is 10.9. The Bertz CT molecular complexity index is 876. The van der Waals surface area contributed by atoms with Gasteiger partial charge in [-0.3, -0.25) is 4.79 Å². The van der Waals surface area contributed by atoms with Gasteiger partial charge in [0, 0.05) is 17.0 Å². The van der Waals surface area contributed by atoms with Gasteiger partial charge in [-0.25, -0.2) is 13.9 Å². The first-order valence-corrected chi connectivity index (χ1v) is 7.10. The fourth-order valence-electron chi connectivity index (χ4n) is 2.40. The molecule has 7 heteroatoms. The van der Waals surface area contributed by atoms with Crippen LogP contribution in [0, 0.1) is 19.7 Å². The highest BCUT2D eigenvalue weighted by Crippen LogP contribution is 2.14. The van der Waals surface area contributed by atoms with Crippen LogP contribution in [0.3, 0.4) is 0 Å². The van der Waals surface area contributed by atoms with Crippen LogP contribution < -0.4 is 0 Å². The Balaban J connectivity index is 1.73. The zero-order chi connectivity index (χ0) is 16.4. The molecule has 0 radical (unpaired) electrons. The van der Waals surface area contributed by atoms with Crippen LogP contribution in [0.15, 0.2) is 30.6 Å². The fraction of sp³-hybridized carbons (Fsp3) is 0.250. The second kappa shape index (κ2) is 6.12. The van der Waals surface area contributed by atoms with E-state index >= 15 is 0 Å². The summed E-state index contributed by atoms with van der Waals surface area (Å²) in [5.41, 5.74) is 2.88. The van der Waals surface area contributed by atoms with Crippen LogP contribution in [0.4, 0.5) is 4.39 Å². The SMILES string of the molecule is Cc1nc2ncnn2c(C)c1CC(=O)OCc1cccc(F)c1. The zero-order valence-corrected chi connectivity index (χ0v) is 12.8. The molecule has 0 atom stereocenters. The molecule has 0 amide bonds. The van der Waals surface area contributed by atoms with Crippen molar-refractivity contribution in [1.82, 2.24) is 19.6 Å². The molecule has 0 bridgehead atoms. The number of carbonyl (C=O) groups is 1. The predicted molar refractivity (Wildman–Crippen MR) is 80.2 cm³/mol. The van der Waals surface area contributed by atoms with Crippen LogP contribution in [0.5, 0.6) is 0 Å². The Kier molecular flexibility index (Phi) is 4.01. The molecule has 0 aliphatic carbocycles. The van der Waals surface area contributed by atoms with Gasteiger partial charge >= 0.3 is 5.97 Å². The van der Waals surface area contributed by atoms with Crippen molar-refractivity contribution >= 4 is 11.7 Å². The first-order valence-electron chi connectivity index (χ1n) is 7.10. The molecule has 0 aliphatic rings. The number of ether oxygens (including phenoxy) is 1. The summed E-state index contributed by atoms with van der Waals surface area (Å²) in [5, 5.41) is 4.08. The van der Waals surface area contributed by atoms with Crippen molar-refractivity contribution in [3.05, 3.63) is 58.9 Å². The minimum atomic E-state index is -0.401. The molecule has 3 rings (SSSR count). The third-order valence-corrected chi connectivity index (χ3v) is 3.60. The maximum atomic E-state index is 13.1. The van der Waals surface area contributed by atoms with Crippen molar-refractivity contribution in [1.29, 1.82) is 0 Å². The highest BCUT2D eigenvalue weighted by Gasteiger charge is 2.15.